The molecule has 0 saturated carbocycles. The van der Waals surface area contributed by atoms with Crippen LogP contribution in [0.15, 0.2) is 0 Å². The van der Waals surface area contributed by atoms with E-state index >= 15 is 0 Å². The molecule has 0 spiro atoms. The maximum absolute atomic E-state index is 11.2. The lowest BCUT2D eigenvalue weighted by atomic mass is 10.0. The van der Waals surface area contributed by atoms with Crippen molar-refractivity contribution in [1.29, 1.82) is 0 Å². The Morgan fingerprint density at radius 1 is 1.31 bits per heavy atom. The largest absolute Gasteiger partial charge is 0.316 e. The molecule has 1 heterocycles. The second kappa shape index (κ2) is 7.56. The van der Waals surface area contributed by atoms with E-state index in [4.69, 9.17) is 0 Å². The van der Waals surface area contributed by atoms with Crippen molar-refractivity contribution in [2.75, 3.05) is 36.1 Å². The molecule has 16 heavy (non-hydrogen) atoms. The van der Waals surface area contributed by atoms with Gasteiger partial charge in [-0.2, -0.15) is 11.8 Å². The lowest BCUT2D eigenvalue weighted by Gasteiger charge is -2.21. The summed E-state index contributed by atoms with van der Waals surface area (Å²) in [7, 11) is -2.77. The smallest absolute Gasteiger partial charge is 0.150 e. The normalized spacial score (nSPS) is 18.8. The van der Waals surface area contributed by atoms with Crippen LogP contribution in [0.4, 0.5) is 0 Å². The molecule has 1 aliphatic heterocycles. The van der Waals surface area contributed by atoms with Gasteiger partial charge in [0.05, 0.1) is 5.75 Å². The van der Waals surface area contributed by atoms with Gasteiger partial charge >= 0.3 is 0 Å². The Bertz CT molecular complexity index is 272. The molecule has 96 valence electrons. The van der Waals surface area contributed by atoms with Crippen molar-refractivity contribution in [3.63, 3.8) is 0 Å². The molecule has 1 fully saturated rings. The Morgan fingerprint density at radius 2 is 2.00 bits per heavy atom. The van der Waals surface area contributed by atoms with Crippen LogP contribution in [0.3, 0.4) is 0 Å². The molecular weight excluding hydrogens is 242 g/mol. The van der Waals surface area contributed by atoms with Crippen molar-refractivity contribution in [1.82, 2.24) is 5.32 Å². The van der Waals surface area contributed by atoms with Crippen LogP contribution in [0.5, 0.6) is 0 Å². The predicted octanol–water partition coefficient (Wildman–Crippen LogP) is 1.54. The average Bonchev–Trinajstić information content (AvgIpc) is 2.30. The van der Waals surface area contributed by atoms with Crippen LogP contribution in [-0.2, 0) is 9.84 Å². The second-order valence-electron chi connectivity index (χ2n) is 4.35. The molecule has 0 bridgehead atoms. The Balaban J connectivity index is 1.99. The average molecular weight is 265 g/mol. The Morgan fingerprint density at radius 3 is 2.62 bits per heavy atom. The van der Waals surface area contributed by atoms with E-state index < -0.39 is 9.84 Å². The van der Waals surface area contributed by atoms with E-state index in [2.05, 4.69) is 5.32 Å². The maximum atomic E-state index is 11.2. The summed E-state index contributed by atoms with van der Waals surface area (Å²) in [6.45, 7) is 3.61. The minimum atomic E-state index is -2.77. The van der Waals surface area contributed by atoms with Gasteiger partial charge in [-0.3, -0.25) is 0 Å². The third-order valence-electron chi connectivity index (χ3n) is 3.02. The first-order valence-corrected chi connectivity index (χ1v) is 9.10. The van der Waals surface area contributed by atoms with Gasteiger partial charge in [-0.05, 0) is 49.8 Å². The van der Waals surface area contributed by atoms with Crippen molar-refractivity contribution >= 4 is 21.6 Å². The van der Waals surface area contributed by atoms with Gasteiger partial charge in [0.15, 0.2) is 0 Å². The minimum absolute atomic E-state index is 0.271. The Labute approximate surface area is 104 Å². The fraction of sp³-hybridized carbons (Fsp3) is 1.00. The third-order valence-corrected chi connectivity index (χ3v) is 5.86. The van der Waals surface area contributed by atoms with Crippen LogP contribution in [0.25, 0.3) is 0 Å². The maximum Gasteiger partial charge on any atom is 0.150 e. The summed E-state index contributed by atoms with van der Waals surface area (Å²) in [5.74, 6) is 3.99. The summed E-state index contributed by atoms with van der Waals surface area (Å²) < 4.78 is 22.5. The van der Waals surface area contributed by atoms with Gasteiger partial charge in [0.1, 0.15) is 9.84 Å². The standard InChI is InChI=1S/C11H23NO2S2/c1-2-16(13,14)9-3-6-12-10-11-4-7-15-8-5-11/h11-12H,2-10H2,1H3. The second-order valence-corrected chi connectivity index (χ2v) is 8.05. The molecule has 0 aromatic rings. The molecule has 0 unspecified atom stereocenters. The van der Waals surface area contributed by atoms with Gasteiger partial charge < -0.3 is 5.32 Å². The SMILES string of the molecule is CCS(=O)(=O)CCCNCC1CCSCC1. The molecule has 0 atom stereocenters. The first kappa shape index (κ1) is 14.3. The van der Waals surface area contributed by atoms with Gasteiger partial charge in [0, 0.05) is 5.75 Å². The van der Waals surface area contributed by atoms with Crippen LogP contribution >= 0.6 is 11.8 Å². The first-order valence-electron chi connectivity index (χ1n) is 6.13. The van der Waals surface area contributed by atoms with Gasteiger partial charge in [-0.15, -0.1) is 0 Å². The molecule has 1 N–H and O–H groups in total. The molecule has 3 nitrogen and oxygen atoms in total. The number of hydrogen-bond donors (Lipinski definition) is 1. The highest BCUT2D eigenvalue weighted by Gasteiger charge is 2.13. The summed E-state index contributed by atoms with van der Waals surface area (Å²) in [6.07, 6.45) is 3.37. The molecule has 1 saturated heterocycles. The minimum Gasteiger partial charge on any atom is -0.316 e. The number of hydrogen-bond acceptors (Lipinski definition) is 4. The molecule has 0 aromatic heterocycles. The molecular formula is C11H23NO2S2. The van der Waals surface area contributed by atoms with Crippen LogP contribution in [0.2, 0.25) is 0 Å². The topological polar surface area (TPSA) is 46.2 Å². The lowest BCUT2D eigenvalue weighted by Crippen LogP contribution is -2.27. The zero-order valence-corrected chi connectivity index (χ0v) is 11.7. The molecule has 0 amide bonds. The van der Waals surface area contributed by atoms with Crippen LogP contribution in [-0.4, -0.2) is 44.5 Å². The number of thioether (sulfide) groups is 1. The monoisotopic (exact) mass is 265 g/mol. The quantitative estimate of drug-likeness (QED) is 0.709. The fourth-order valence-electron chi connectivity index (χ4n) is 1.82. The Kier molecular flexibility index (Phi) is 6.77. The fourth-order valence-corrected chi connectivity index (χ4v) is 3.90. The molecule has 5 heteroatoms. The molecule has 1 aliphatic rings. The number of nitrogens with one attached hydrogen (secondary N) is 1. The van der Waals surface area contributed by atoms with Crippen LogP contribution in [0, 0.1) is 5.92 Å². The van der Waals surface area contributed by atoms with Crippen molar-refractivity contribution < 1.29 is 8.42 Å². The van der Waals surface area contributed by atoms with Crippen LogP contribution in [0.1, 0.15) is 26.2 Å². The molecule has 0 aliphatic carbocycles. The first-order chi connectivity index (χ1) is 7.64. The van der Waals surface area contributed by atoms with E-state index in [0.29, 0.717) is 5.75 Å². The summed E-state index contributed by atoms with van der Waals surface area (Å²) >= 11 is 2.04. The van der Waals surface area contributed by atoms with E-state index in [1.54, 1.807) is 6.92 Å². The lowest BCUT2D eigenvalue weighted by molar-refractivity contribution is 0.448. The summed E-state index contributed by atoms with van der Waals surface area (Å²) in [4.78, 5) is 0. The van der Waals surface area contributed by atoms with E-state index in [0.717, 1.165) is 25.4 Å². The summed E-state index contributed by atoms with van der Waals surface area (Å²) in [5.41, 5.74) is 0. The zero-order valence-electron chi connectivity index (χ0n) is 10.1. The van der Waals surface area contributed by atoms with Crippen molar-refractivity contribution in [3.05, 3.63) is 0 Å². The van der Waals surface area contributed by atoms with E-state index in [1.165, 1.54) is 24.3 Å². The highest BCUT2D eigenvalue weighted by Crippen LogP contribution is 2.21. The highest BCUT2D eigenvalue weighted by molar-refractivity contribution is 7.99. The number of sulfone groups is 1. The van der Waals surface area contributed by atoms with Gasteiger partial charge in [-0.1, -0.05) is 6.92 Å². The summed E-state index contributed by atoms with van der Waals surface area (Å²) in [5, 5.41) is 3.38. The number of rotatable bonds is 7. The third kappa shape index (κ3) is 6.11. The molecule has 0 aromatic carbocycles. The van der Waals surface area contributed by atoms with Crippen molar-refractivity contribution in [3.8, 4) is 0 Å². The highest BCUT2D eigenvalue weighted by atomic mass is 32.2. The van der Waals surface area contributed by atoms with E-state index in [9.17, 15) is 8.42 Å². The van der Waals surface area contributed by atoms with Gasteiger partial charge in [0.2, 0.25) is 0 Å². The van der Waals surface area contributed by atoms with Crippen molar-refractivity contribution in [2.45, 2.75) is 26.2 Å². The molecule has 0 radical (unpaired) electrons. The summed E-state index contributed by atoms with van der Waals surface area (Å²) in [6, 6.07) is 0. The van der Waals surface area contributed by atoms with E-state index in [-0.39, 0.29) is 5.75 Å². The molecule has 1 rings (SSSR count). The van der Waals surface area contributed by atoms with Crippen molar-refractivity contribution in [2.24, 2.45) is 5.92 Å². The van der Waals surface area contributed by atoms with E-state index in [1.807, 2.05) is 11.8 Å². The van der Waals surface area contributed by atoms with Crippen LogP contribution < -0.4 is 5.32 Å². The predicted molar refractivity (Wildman–Crippen MR) is 71.9 cm³/mol. The van der Waals surface area contributed by atoms with Gasteiger partial charge in [-0.25, -0.2) is 8.42 Å². The van der Waals surface area contributed by atoms with Gasteiger partial charge in [0.25, 0.3) is 0 Å². The zero-order chi connectivity index (χ0) is 11.9. The Hall–Kier alpha value is 0.260.